The molecule has 0 aliphatic carbocycles. The van der Waals surface area contributed by atoms with Crippen LogP contribution in [0.2, 0.25) is 0 Å². The Labute approximate surface area is 129 Å². The number of hydrogen-bond donors (Lipinski definition) is 1. The minimum absolute atomic E-state index is 0.316. The van der Waals surface area contributed by atoms with Crippen molar-refractivity contribution in [3.05, 3.63) is 41.7 Å². The van der Waals surface area contributed by atoms with Gasteiger partial charge in [-0.25, -0.2) is 9.48 Å². The number of aromatic nitrogens is 3. The number of amides is 1. The Hall–Kier alpha value is -2.70. The maximum Gasteiger partial charge on any atom is 0.404 e. The van der Waals surface area contributed by atoms with Gasteiger partial charge in [0.1, 0.15) is 0 Å². The molecule has 1 amide bonds. The van der Waals surface area contributed by atoms with Crippen LogP contribution in [0.25, 0.3) is 5.69 Å². The van der Waals surface area contributed by atoms with Gasteiger partial charge in [0.05, 0.1) is 17.6 Å². The molecule has 7 heteroatoms. The predicted octanol–water partition coefficient (Wildman–Crippen LogP) is 2.13. The molecule has 1 heterocycles. The Kier molecular flexibility index (Phi) is 6.75. The fraction of sp³-hybridized carbons (Fsp3) is 0.333. The summed E-state index contributed by atoms with van der Waals surface area (Å²) < 4.78 is 6.08. The minimum atomic E-state index is -0.968. The first-order valence-corrected chi connectivity index (χ1v) is 7.07. The molecule has 118 valence electrons. The van der Waals surface area contributed by atoms with Crippen LogP contribution in [0.5, 0.6) is 0 Å². The quantitative estimate of drug-likeness (QED) is 0.853. The van der Waals surface area contributed by atoms with Gasteiger partial charge < -0.3 is 10.5 Å². The van der Waals surface area contributed by atoms with E-state index in [9.17, 15) is 9.59 Å². The third-order valence-electron chi connectivity index (χ3n) is 2.70. The SMILES string of the molecule is CC.CCc1cn(-c2ccc(C(=O)COC(N)=O)cc2)nn1. The van der Waals surface area contributed by atoms with E-state index in [4.69, 9.17) is 5.73 Å². The molecule has 0 aliphatic rings. The molecule has 0 saturated carbocycles. The van der Waals surface area contributed by atoms with E-state index in [2.05, 4.69) is 15.0 Å². The maximum absolute atomic E-state index is 11.7. The Balaban J connectivity index is 0.00000116. The standard InChI is InChI=1S/C13H14N4O3.C2H6/c1-2-10-7-17(16-15-10)11-5-3-9(4-6-11)12(18)8-20-13(14)19;1-2/h3-7H,2,8H2,1H3,(H2,14,19);1-2H3. The average Bonchev–Trinajstić information content (AvgIpc) is 3.03. The normalized spacial score (nSPS) is 9.59. The zero-order valence-electron chi connectivity index (χ0n) is 12.9. The third kappa shape index (κ3) is 4.69. The fourth-order valence-electron chi connectivity index (χ4n) is 1.61. The van der Waals surface area contributed by atoms with E-state index in [1.54, 1.807) is 28.9 Å². The highest BCUT2D eigenvalue weighted by Gasteiger charge is 2.08. The molecule has 2 aromatic rings. The number of carbonyl (C=O) groups excluding carboxylic acids is 2. The lowest BCUT2D eigenvalue weighted by atomic mass is 10.1. The first kappa shape index (κ1) is 17.4. The van der Waals surface area contributed by atoms with Gasteiger partial charge in [-0.2, -0.15) is 0 Å². The monoisotopic (exact) mass is 304 g/mol. The molecule has 0 bridgehead atoms. The van der Waals surface area contributed by atoms with E-state index in [0.29, 0.717) is 5.56 Å². The Morgan fingerprint density at radius 1 is 1.23 bits per heavy atom. The van der Waals surface area contributed by atoms with Gasteiger partial charge in [0.15, 0.2) is 12.4 Å². The summed E-state index contributed by atoms with van der Waals surface area (Å²) in [4.78, 5) is 22.1. The van der Waals surface area contributed by atoms with Gasteiger partial charge in [0, 0.05) is 5.56 Å². The van der Waals surface area contributed by atoms with Crippen molar-refractivity contribution in [3.8, 4) is 5.69 Å². The predicted molar refractivity (Wildman–Crippen MR) is 82.0 cm³/mol. The van der Waals surface area contributed by atoms with E-state index < -0.39 is 6.09 Å². The molecular formula is C15H20N4O3. The number of ketones is 1. The zero-order chi connectivity index (χ0) is 16.5. The highest BCUT2D eigenvalue weighted by atomic mass is 16.5. The van der Waals surface area contributed by atoms with Crippen LogP contribution in [0.4, 0.5) is 4.79 Å². The Bertz CT molecular complexity index is 620. The summed E-state index contributed by atoms with van der Waals surface area (Å²) in [6.45, 7) is 5.63. The van der Waals surface area contributed by atoms with E-state index >= 15 is 0 Å². The van der Waals surface area contributed by atoms with Crippen LogP contribution in [-0.4, -0.2) is 33.5 Å². The molecule has 0 saturated heterocycles. The van der Waals surface area contributed by atoms with Gasteiger partial charge in [-0.3, -0.25) is 4.79 Å². The minimum Gasteiger partial charge on any atom is -0.441 e. The van der Waals surface area contributed by atoms with Crippen LogP contribution in [0.1, 0.15) is 36.8 Å². The highest BCUT2D eigenvalue weighted by molar-refractivity contribution is 5.97. The lowest BCUT2D eigenvalue weighted by molar-refractivity contribution is 0.0857. The number of carbonyl (C=O) groups is 2. The van der Waals surface area contributed by atoms with Crippen LogP contribution >= 0.6 is 0 Å². The van der Waals surface area contributed by atoms with Crippen molar-refractivity contribution in [3.63, 3.8) is 0 Å². The van der Waals surface area contributed by atoms with Crippen molar-refractivity contribution in [2.75, 3.05) is 6.61 Å². The van der Waals surface area contributed by atoms with Crippen molar-refractivity contribution < 1.29 is 14.3 Å². The van der Waals surface area contributed by atoms with Crippen LogP contribution in [-0.2, 0) is 11.2 Å². The number of Topliss-reactive ketones (excluding diaryl/α,β-unsaturated/α-hetero) is 1. The molecule has 0 fully saturated rings. The molecular weight excluding hydrogens is 284 g/mol. The number of hydrogen-bond acceptors (Lipinski definition) is 5. The van der Waals surface area contributed by atoms with Crippen molar-refractivity contribution >= 4 is 11.9 Å². The fourth-order valence-corrected chi connectivity index (χ4v) is 1.61. The molecule has 2 rings (SSSR count). The van der Waals surface area contributed by atoms with Crippen LogP contribution in [0.3, 0.4) is 0 Å². The van der Waals surface area contributed by atoms with Gasteiger partial charge in [0.2, 0.25) is 0 Å². The van der Waals surface area contributed by atoms with Crippen LogP contribution < -0.4 is 5.73 Å². The Morgan fingerprint density at radius 2 is 1.86 bits per heavy atom. The smallest absolute Gasteiger partial charge is 0.404 e. The number of nitrogens with zero attached hydrogens (tertiary/aromatic N) is 3. The number of primary amides is 1. The van der Waals surface area contributed by atoms with Gasteiger partial charge in [0.25, 0.3) is 0 Å². The van der Waals surface area contributed by atoms with E-state index in [-0.39, 0.29) is 12.4 Å². The molecule has 1 aromatic heterocycles. The second-order valence-corrected chi connectivity index (χ2v) is 4.09. The van der Waals surface area contributed by atoms with Crippen molar-refractivity contribution in [2.24, 2.45) is 5.73 Å². The van der Waals surface area contributed by atoms with Gasteiger partial charge >= 0.3 is 6.09 Å². The lowest BCUT2D eigenvalue weighted by Crippen LogP contribution is -2.18. The second-order valence-electron chi connectivity index (χ2n) is 4.09. The van der Waals surface area contributed by atoms with Gasteiger partial charge in [-0.1, -0.05) is 26.0 Å². The van der Waals surface area contributed by atoms with Gasteiger partial charge in [-0.05, 0) is 30.7 Å². The molecule has 0 radical (unpaired) electrons. The average molecular weight is 304 g/mol. The van der Waals surface area contributed by atoms with E-state index in [0.717, 1.165) is 17.8 Å². The molecule has 0 spiro atoms. The number of ether oxygens (including phenoxy) is 1. The van der Waals surface area contributed by atoms with Crippen molar-refractivity contribution in [1.29, 1.82) is 0 Å². The first-order valence-electron chi connectivity index (χ1n) is 7.07. The first-order chi connectivity index (χ1) is 10.6. The number of nitrogens with two attached hydrogens (primary N) is 1. The summed E-state index contributed by atoms with van der Waals surface area (Å²) in [6.07, 6.45) is 1.67. The van der Waals surface area contributed by atoms with Crippen molar-refractivity contribution in [1.82, 2.24) is 15.0 Å². The second kappa shape index (κ2) is 8.56. The molecule has 0 atom stereocenters. The summed E-state index contributed by atoms with van der Waals surface area (Å²) >= 11 is 0. The number of benzene rings is 1. The molecule has 0 unspecified atom stereocenters. The summed E-state index contributed by atoms with van der Waals surface area (Å²) in [5.41, 5.74) is 6.92. The Morgan fingerprint density at radius 3 is 2.36 bits per heavy atom. The maximum atomic E-state index is 11.7. The largest absolute Gasteiger partial charge is 0.441 e. The zero-order valence-corrected chi connectivity index (χ0v) is 12.9. The molecule has 0 aliphatic heterocycles. The number of aryl methyl sites for hydroxylation is 1. The van der Waals surface area contributed by atoms with Crippen LogP contribution in [0, 0.1) is 0 Å². The topological polar surface area (TPSA) is 100 Å². The summed E-state index contributed by atoms with van der Waals surface area (Å²) in [7, 11) is 0. The summed E-state index contributed by atoms with van der Waals surface area (Å²) in [5.74, 6) is -0.316. The lowest BCUT2D eigenvalue weighted by Gasteiger charge is -2.03. The third-order valence-corrected chi connectivity index (χ3v) is 2.70. The summed E-state index contributed by atoms with van der Waals surface area (Å²) in [5, 5.41) is 7.98. The highest BCUT2D eigenvalue weighted by Crippen LogP contribution is 2.10. The van der Waals surface area contributed by atoms with Gasteiger partial charge in [-0.15, -0.1) is 5.10 Å². The van der Waals surface area contributed by atoms with E-state index in [1.807, 2.05) is 27.0 Å². The summed E-state index contributed by atoms with van der Waals surface area (Å²) in [6, 6.07) is 6.75. The molecule has 7 nitrogen and oxygen atoms in total. The molecule has 1 aromatic carbocycles. The van der Waals surface area contributed by atoms with Crippen molar-refractivity contribution in [2.45, 2.75) is 27.2 Å². The van der Waals surface area contributed by atoms with Crippen LogP contribution in [0.15, 0.2) is 30.5 Å². The molecule has 2 N–H and O–H groups in total. The number of rotatable bonds is 5. The van der Waals surface area contributed by atoms with E-state index in [1.165, 1.54) is 0 Å². The molecule has 22 heavy (non-hydrogen) atoms.